The number of nitrogens with zero attached hydrogens (tertiary/aromatic N) is 4. The van der Waals surface area contributed by atoms with Gasteiger partial charge >= 0.3 is 0 Å². The van der Waals surface area contributed by atoms with Crippen LogP contribution in [0.5, 0.6) is 0 Å². The standard InChI is InChI=1S/C14H18N4/c1-14(2,3)13-12(10-18(4)17-13)6-5-11-7-8-15-16-9-11/h5-10H,1-4H3. The van der Waals surface area contributed by atoms with Crippen molar-refractivity contribution >= 4 is 12.2 Å². The van der Waals surface area contributed by atoms with Crippen molar-refractivity contribution in [3.05, 3.63) is 41.5 Å². The van der Waals surface area contributed by atoms with Gasteiger partial charge in [-0.15, -0.1) is 0 Å². The van der Waals surface area contributed by atoms with Gasteiger partial charge in [-0.25, -0.2) is 0 Å². The van der Waals surface area contributed by atoms with E-state index in [1.165, 1.54) is 0 Å². The smallest absolute Gasteiger partial charge is 0.0750 e. The van der Waals surface area contributed by atoms with E-state index in [9.17, 15) is 0 Å². The molecule has 0 aliphatic carbocycles. The van der Waals surface area contributed by atoms with Gasteiger partial charge in [0.05, 0.1) is 18.1 Å². The molecule has 0 unspecified atom stereocenters. The van der Waals surface area contributed by atoms with Crippen LogP contribution in [0.25, 0.3) is 12.2 Å². The van der Waals surface area contributed by atoms with Crippen molar-refractivity contribution in [3.8, 4) is 0 Å². The van der Waals surface area contributed by atoms with Gasteiger partial charge in [0.25, 0.3) is 0 Å². The molecule has 18 heavy (non-hydrogen) atoms. The molecule has 0 atom stereocenters. The summed E-state index contributed by atoms with van der Waals surface area (Å²) in [5.41, 5.74) is 3.32. The molecule has 0 N–H and O–H groups in total. The maximum absolute atomic E-state index is 4.53. The van der Waals surface area contributed by atoms with Crippen molar-refractivity contribution in [2.24, 2.45) is 7.05 Å². The maximum Gasteiger partial charge on any atom is 0.0750 e. The van der Waals surface area contributed by atoms with E-state index < -0.39 is 0 Å². The van der Waals surface area contributed by atoms with Crippen LogP contribution < -0.4 is 0 Å². The first-order valence-electron chi connectivity index (χ1n) is 5.96. The summed E-state index contributed by atoms with van der Waals surface area (Å²) >= 11 is 0. The quantitative estimate of drug-likeness (QED) is 0.813. The fourth-order valence-corrected chi connectivity index (χ4v) is 1.80. The van der Waals surface area contributed by atoms with E-state index >= 15 is 0 Å². The van der Waals surface area contributed by atoms with Crippen LogP contribution in [0.15, 0.2) is 24.7 Å². The molecule has 2 aromatic rings. The van der Waals surface area contributed by atoms with Crippen molar-refractivity contribution in [2.45, 2.75) is 26.2 Å². The van der Waals surface area contributed by atoms with Gasteiger partial charge in [0.15, 0.2) is 0 Å². The highest BCUT2D eigenvalue weighted by molar-refractivity contribution is 5.70. The lowest BCUT2D eigenvalue weighted by atomic mass is 9.89. The van der Waals surface area contributed by atoms with E-state index in [0.29, 0.717) is 0 Å². The molecule has 2 aromatic heterocycles. The highest BCUT2D eigenvalue weighted by Crippen LogP contribution is 2.25. The normalized spacial score (nSPS) is 12.2. The van der Waals surface area contributed by atoms with Crippen LogP contribution in [0.2, 0.25) is 0 Å². The molecule has 0 fully saturated rings. The molecule has 4 nitrogen and oxygen atoms in total. The second kappa shape index (κ2) is 4.72. The number of aryl methyl sites for hydroxylation is 1. The summed E-state index contributed by atoms with van der Waals surface area (Å²) in [6, 6.07) is 1.93. The summed E-state index contributed by atoms with van der Waals surface area (Å²) in [6.07, 6.45) is 9.56. The topological polar surface area (TPSA) is 43.6 Å². The lowest BCUT2D eigenvalue weighted by Gasteiger charge is -2.16. The Kier molecular flexibility index (Phi) is 3.28. The van der Waals surface area contributed by atoms with Crippen LogP contribution in [0.4, 0.5) is 0 Å². The Morgan fingerprint density at radius 1 is 1.17 bits per heavy atom. The van der Waals surface area contributed by atoms with Crippen molar-refractivity contribution < 1.29 is 0 Å². The third kappa shape index (κ3) is 2.83. The third-order valence-corrected chi connectivity index (χ3v) is 2.63. The predicted molar refractivity (Wildman–Crippen MR) is 72.9 cm³/mol. The van der Waals surface area contributed by atoms with Gasteiger partial charge in [0.1, 0.15) is 0 Å². The third-order valence-electron chi connectivity index (χ3n) is 2.63. The van der Waals surface area contributed by atoms with E-state index in [0.717, 1.165) is 16.8 Å². The highest BCUT2D eigenvalue weighted by Gasteiger charge is 2.20. The minimum Gasteiger partial charge on any atom is -0.275 e. The highest BCUT2D eigenvalue weighted by atomic mass is 15.3. The first-order valence-corrected chi connectivity index (χ1v) is 5.96. The molecule has 0 bridgehead atoms. The molecule has 0 aromatic carbocycles. The van der Waals surface area contributed by atoms with Crippen LogP contribution in [0.3, 0.4) is 0 Å². The van der Waals surface area contributed by atoms with Gasteiger partial charge in [-0.1, -0.05) is 32.9 Å². The van der Waals surface area contributed by atoms with Crippen LogP contribution in [0, 0.1) is 0 Å². The fraction of sp³-hybridized carbons (Fsp3) is 0.357. The Bertz CT molecular complexity index is 547. The van der Waals surface area contributed by atoms with Crippen LogP contribution in [-0.2, 0) is 12.5 Å². The van der Waals surface area contributed by atoms with Crippen LogP contribution >= 0.6 is 0 Å². The number of hydrogen-bond donors (Lipinski definition) is 0. The summed E-state index contributed by atoms with van der Waals surface area (Å²) < 4.78 is 1.85. The van der Waals surface area contributed by atoms with E-state index in [2.05, 4.69) is 42.1 Å². The zero-order valence-electron chi connectivity index (χ0n) is 11.3. The average Bonchev–Trinajstić information content (AvgIpc) is 2.69. The van der Waals surface area contributed by atoms with Gasteiger partial charge in [0.2, 0.25) is 0 Å². The van der Waals surface area contributed by atoms with Crippen LogP contribution in [-0.4, -0.2) is 20.0 Å². The molecular weight excluding hydrogens is 224 g/mol. The van der Waals surface area contributed by atoms with Crippen molar-refractivity contribution in [1.29, 1.82) is 0 Å². The Labute approximate surface area is 107 Å². The van der Waals surface area contributed by atoms with Gasteiger partial charge < -0.3 is 0 Å². The molecule has 0 spiro atoms. The average molecular weight is 242 g/mol. The van der Waals surface area contributed by atoms with Gasteiger partial charge in [-0.2, -0.15) is 15.3 Å². The molecule has 4 heteroatoms. The maximum atomic E-state index is 4.53. The summed E-state index contributed by atoms with van der Waals surface area (Å²) in [6.45, 7) is 6.50. The van der Waals surface area contributed by atoms with Crippen molar-refractivity contribution in [3.63, 3.8) is 0 Å². The lowest BCUT2D eigenvalue weighted by Crippen LogP contribution is -2.13. The zero-order valence-corrected chi connectivity index (χ0v) is 11.3. The largest absolute Gasteiger partial charge is 0.275 e. The Morgan fingerprint density at radius 3 is 2.56 bits per heavy atom. The van der Waals surface area contributed by atoms with Gasteiger partial charge in [0, 0.05) is 24.2 Å². The molecule has 94 valence electrons. The number of rotatable bonds is 2. The monoisotopic (exact) mass is 242 g/mol. The Balaban J connectivity index is 2.32. The molecule has 2 heterocycles. The second-order valence-corrected chi connectivity index (χ2v) is 5.37. The molecular formula is C14H18N4. The van der Waals surface area contributed by atoms with Gasteiger partial charge in [-0.3, -0.25) is 4.68 Å². The van der Waals surface area contributed by atoms with Gasteiger partial charge in [-0.05, 0) is 11.6 Å². The number of aromatic nitrogens is 4. The lowest BCUT2D eigenvalue weighted by molar-refractivity contribution is 0.552. The summed E-state index contributed by atoms with van der Waals surface area (Å²) in [5, 5.41) is 12.1. The number of hydrogen-bond acceptors (Lipinski definition) is 3. The Hall–Kier alpha value is -1.97. The predicted octanol–water partition coefficient (Wildman–Crippen LogP) is 2.68. The fourth-order valence-electron chi connectivity index (χ4n) is 1.80. The summed E-state index contributed by atoms with van der Waals surface area (Å²) in [5.74, 6) is 0. The molecule has 0 aliphatic rings. The van der Waals surface area contributed by atoms with E-state index in [1.54, 1.807) is 12.4 Å². The molecule has 0 saturated heterocycles. The minimum atomic E-state index is 0.0391. The molecule has 2 rings (SSSR count). The Morgan fingerprint density at radius 2 is 1.94 bits per heavy atom. The van der Waals surface area contributed by atoms with E-state index in [4.69, 9.17) is 0 Å². The second-order valence-electron chi connectivity index (χ2n) is 5.37. The van der Waals surface area contributed by atoms with Crippen molar-refractivity contribution in [2.75, 3.05) is 0 Å². The molecule has 0 saturated carbocycles. The van der Waals surface area contributed by atoms with Crippen LogP contribution in [0.1, 0.15) is 37.6 Å². The first kappa shape index (κ1) is 12.5. The zero-order chi connectivity index (χ0) is 13.2. The SMILES string of the molecule is Cn1cc(C=Cc2ccnnc2)c(C(C)(C)C)n1. The summed E-state index contributed by atoms with van der Waals surface area (Å²) in [7, 11) is 1.95. The molecule has 0 amide bonds. The first-order chi connectivity index (χ1) is 8.47. The van der Waals surface area contributed by atoms with E-state index in [1.807, 2.05) is 30.1 Å². The molecule has 0 aliphatic heterocycles. The van der Waals surface area contributed by atoms with Crippen molar-refractivity contribution in [1.82, 2.24) is 20.0 Å². The molecule has 0 radical (unpaired) electrons. The summed E-state index contributed by atoms with van der Waals surface area (Å²) in [4.78, 5) is 0. The van der Waals surface area contributed by atoms with E-state index in [-0.39, 0.29) is 5.41 Å². The minimum absolute atomic E-state index is 0.0391.